The summed E-state index contributed by atoms with van der Waals surface area (Å²) in [6, 6.07) is 7.32. The number of hydrogen-bond donors (Lipinski definition) is 2. The monoisotopic (exact) mass is 551 g/mol. The minimum atomic E-state index is -0.862. The second-order valence-corrected chi connectivity index (χ2v) is 12.2. The quantitative estimate of drug-likeness (QED) is 0.314. The van der Waals surface area contributed by atoms with Gasteiger partial charge in [-0.2, -0.15) is 5.10 Å². The van der Waals surface area contributed by atoms with Crippen LogP contribution in [0.4, 0.5) is 5.82 Å². The lowest BCUT2D eigenvalue weighted by molar-refractivity contribution is -0.150. The molecule has 4 heterocycles. The molecule has 2 aliphatic heterocycles. The minimum absolute atomic E-state index is 0.0125. The van der Waals surface area contributed by atoms with Gasteiger partial charge in [-0.25, -0.2) is 4.98 Å². The molecule has 8 nitrogen and oxygen atoms in total. The third-order valence-corrected chi connectivity index (χ3v) is 8.89. The van der Waals surface area contributed by atoms with E-state index in [0.29, 0.717) is 24.7 Å². The lowest BCUT2D eigenvalue weighted by Gasteiger charge is -2.42. The predicted molar refractivity (Wildman–Crippen MR) is 153 cm³/mol. The molecule has 208 valence electrons. The van der Waals surface area contributed by atoms with Crippen molar-refractivity contribution in [3.05, 3.63) is 51.8 Å². The summed E-state index contributed by atoms with van der Waals surface area (Å²) in [5, 5.41) is 20.0. The van der Waals surface area contributed by atoms with Gasteiger partial charge in [0.15, 0.2) is 0 Å². The summed E-state index contributed by atoms with van der Waals surface area (Å²) in [5.74, 6) is 0.204. The molecule has 3 aliphatic rings. The number of anilines is 1. The average molecular weight is 552 g/mol. The van der Waals surface area contributed by atoms with Gasteiger partial charge in [-0.3, -0.25) is 14.4 Å². The molecule has 6 rings (SSSR count). The maximum Gasteiger partial charge on any atom is 0.325 e. The van der Waals surface area contributed by atoms with E-state index < -0.39 is 12.0 Å². The summed E-state index contributed by atoms with van der Waals surface area (Å²) in [6.45, 7) is 5.12. The van der Waals surface area contributed by atoms with Crippen molar-refractivity contribution in [1.29, 1.82) is 0 Å². The van der Waals surface area contributed by atoms with Gasteiger partial charge < -0.3 is 15.2 Å². The Hall–Kier alpha value is -2.68. The van der Waals surface area contributed by atoms with Gasteiger partial charge in [0, 0.05) is 54.8 Å². The van der Waals surface area contributed by atoms with E-state index in [9.17, 15) is 9.90 Å². The first kappa shape index (κ1) is 26.5. The van der Waals surface area contributed by atoms with Crippen molar-refractivity contribution in [3.8, 4) is 0 Å². The van der Waals surface area contributed by atoms with E-state index >= 15 is 0 Å². The number of nitrogens with one attached hydrogen (secondary N) is 1. The van der Waals surface area contributed by atoms with Crippen LogP contribution in [0.3, 0.4) is 0 Å². The van der Waals surface area contributed by atoms with Gasteiger partial charge in [-0.05, 0) is 74.3 Å². The first-order chi connectivity index (χ1) is 18.8. The van der Waals surface area contributed by atoms with E-state index in [-0.39, 0.29) is 11.5 Å². The Morgan fingerprint density at radius 2 is 2.08 bits per heavy atom. The number of ether oxygens (including phenoxy) is 1. The molecular formula is C30H38ClN5O3. The zero-order chi connectivity index (χ0) is 27.1. The normalized spacial score (nSPS) is 19.4. The van der Waals surface area contributed by atoms with Gasteiger partial charge in [0.05, 0.1) is 17.3 Å². The molecule has 1 unspecified atom stereocenters. The highest BCUT2D eigenvalue weighted by Crippen LogP contribution is 2.51. The van der Waals surface area contributed by atoms with E-state index in [1.54, 1.807) is 0 Å². The Labute approximate surface area is 234 Å². The number of aromatic nitrogens is 3. The molecule has 9 heteroatoms. The maximum atomic E-state index is 12.5. The molecule has 1 saturated heterocycles. The number of likely N-dealkylation sites (tertiary alicyclic amines) is 1. The summed E-state index contributed by atoms with van der Waals surface area (Å²) >= 11 is 6.47. The van der Waals surface area contributed by atoms with E-state index in [0.717, 1.165) is 85.2 Å². The van der Waals surface area contributed by atoms with Gasteiger partial charge in [-0.15, -0.1) is 0 Å². The molecule has 2 aromatic heterocycles. The Bertz CT molecular complexity index is 1380. The number of benzene rings is 1. The van der Waals surface area contributed by atoms with E-state index in [4.69, 9.17) is 26.4 Å². The molecule has 1 aromatic carbocycles. The third-order valence-electron chi connectivity index (χ3n) is 8.67. The number of aryl methyl sites for hydroxylation is 3. The highest BCUT2D eigenvalue weighted by molar-refractivity contribution is 6.31. The molecule has 1 saturated carbocycles. The van der Waals surface area contributed by atoms with Crippen molar-refractivity contribution >= 4 is 34.3 Å². The van der Waals surface area contributed by atoms with Gasteiger partial charge in [0.25, 0.3) is 0 Å². The summed E-state index contributed by atoms with van der Waals surface area (Å²) in [6.07, 6.45) is 8.65. The number of carbonyl (C=O) groups is 1. The summed E-state index contributed by atoms with van der Waals surface area (Å²) < 4.78 is 7.94. The molecule has 2 fully saturated rings. The number of nitrogens with zero attached hydrogens (tertiary/aromatic N) is 4. The number of fused-ring (bicyclic) bond motifs is 2. The number of carboxylic acids is 1. The highest BCUT2D eigenvalue weighted by Gasteiger charge is 2.45. The number of aliphatic carboxylic acids is 1. The van der Waals surface area contributed by atoms with Crippen LogP contribution in [-0.2, 0) is 34.8 Å². The zero-order valence-electron chi connectivity index (χ0n) is 22.9. The number of rotatable bonds is 11. The molecule has 0 amide bonds. The fourth-order valence-electron chi connectivity index (χ4n) is 6.06. The van der Waals surface area contributed by atoms with Crippen molar-refractivity contribution in [2.45, 2.75) is 75.9 Å². The lowest BCUT2D eigenvalue weighted by Crippen LogP contribution is -2.55. The number of pyridine rings is 1. The van der Waals surface area contributed by atoms with Crippen LogP contribution in [0, 0.1) is 0 Å². The number of carboxylic acid groups (broad SMARTS) is 1. The van der Waals surface area contributed by atoms with Crippen LogP contribution in [0.2, 0.25) is 5.02 Å². The maximum absolute atomic E-state index is 12.5. The number of unbranched alkanes of at least 4 members (excludes halogenated alkanes) is 2. The summed E-state index contributed by atoms with van der Waals surface area (Å²) in [4.78, 5) is 19.3. The van der Waals surface area contributed by atoms with E-state index in [2.05, 4.69) is 24.4 Å². The Balaban J connectivity index is 1.02. The standard InChI is InChI=1S/C30H38ClN5O3/c1-30(11-12-30)27-25-23(15-20(31)16-24(25)35(2)34-27)26(29(37)38)36-17-22(18-36)39-14-5-3-4-8-21-10-9-19-7-6-13-32-28(19)33-21/h9-10,15-16,22,26H,3-8,11-14,17-18H2,1-2H3,(H,32,33)(H,37,38). The molecule has 3 aromatic rings. The van der Waals surface area contributed by atoms with Crippen molar-refractivity contribution in [2.24, 2.45) is 7.05 Å². The Morgan fingerprint density at radius 1 is 1.26 bits per heavy atom. The zero-order valence-corrected chi connectivity index (χ0v) is 23.6. The van der Waals surface area contributed by atoms with Crippen molar-refractivity contribution < 1.29 is 14.6 Å². The van der Waals surface area contributed by atoms with Crippen LogP contribution in [0.5, 0.6) is 0 Å². The molecule has 0 radical (unpaired) electrons. The largest absolute Gasteiger partial charge is 0.480 e. The van der Waals surface area contributed by atoms with E-state index in [1.165, 1.54) is 12.0 Å². The third kappa shape index (κ3) is 5.39. The first-order valence-electron chi connectivity index (χ1n) is 14.3. The fourth-order valence-corrected chi connectivity index (χ4v) is 6.28. The van der Waals surface area contributed by atoms with Crippen molar-refractivity contribution in [3.63, 3.8) is 0 Å². The van der Waals surface area contributed by atoms with Gasteiger partial charge in [0.2, 0.25) is 0 Å². The van der Waals surface area contributed by atoms with Crippen LogP contribution in [-0.4, -0.2) is 63.1 Å². The predicted octanol–water partition coefficient (Wildman–Crippen LogP) is 5.27. The summed E-state index contributed by atoms with van der Waals surface area (Å²) in [5.41, 5.74) is 5.12. The molecule has 0 bridgehead atoms. The molecule has 1 aliphatic carbocycles. The smallest absolute Gasteiger partial charge is 0.325 e. The van der Waals surface area contributed by atoms with Crippen LogP contribution in [0.1, 0.15) is 74.0 Å². The van der Waals surface area contributed by atoms with Gasteiger partial charge in [0.1, 0.15) is 11.9 Å². The topological polar surface area (TPSA) is 92.5 Å². The Kier molecular flexibility index (Phi) is 7.29. The van der Waals surface area contributed by atoms with Crippen molar-refractivity contribution in [1.82, 2.24) is 19.7 Å². The first-order valence-corrected chi connectivity index (χ1v) is 14.7. The van der Waals surface area contributed by atoms with Gasteiger partial charge >= 0.3 is 5.97 Å². The number of hydrogen-bond acceptors (Lipinski definition) is 6. The van der Waals surface area contributed by atoms with Gasteiger partial charge in [-0.1, -0.05) is 31.0 Å². The average Bonchev–Trinajstić information content (AvgIpc) is 3.55. The highest BCUT2D eigenvalue weighted by atomic mass is 35.5. The summed E-state index contributed by atoms with van der Waals surface area (Å²) in [7, 11) is 1.90. The molecule has 2 N–H and O–H groups in total. The lowest BCUT2D eigenvalue weighted by atomic mass is 9.92. The minimum Gasteiger partial charge on any atom is -0.480 e. The molecule has 39 heavy (non-hydrogen) atoms. The molecule has 1 atom stereocenters. The fraction of sp³-hybridized carbons (Fsp3) is 0.567. The number of halogens is 1. The molecular weight excluding hydrogens is 514 g/mol. The Morgan fingerprint density at radius 3 is 2.85 bits per heavy atom. The van der Waals surface area contributed by atoms with Crippen LogP contribution < -0.4 is 5.32 Å². The SMILES string of the molecule is Cn1nc(C2(C)CC2)c2c(C(C(=O)O)N3CC(OCCCCCc4ccc5c(n4)NCCC5)C3)cc(Cl)cc21. The van der Waals surface area contributed by atoms with Crippen molar-refractivity contribution in [2.75, 3.05) is 31.6 Å². The van der Waals surface area contributed by atoms with E-state index in [1.807, 2.05) is 28.8 Å². The second-order valence-electron chi connectivity index (χ2n) is 11.8. The molecule has 0 spiro atoms. The van der Waals surface area contributed by atoms with Crippen LogP contribution in [0.15, 0.2) is 24.3 Å². The second kappa shape index (κ2) is 10.7. The van der Waals surface area contributed by atoms with Crippen LogP contribution >= 0.6 is 11.6 Å². The van der Waals surface area contributed by atoms with Crippen LogP contribution in [0.25, 0.3) is 10.9 Å².